The molecule has 0 bridgehead atoms. The highest BCUT2D eigenvalue weighted by Crippen LogP contribution is 2.86. The van der Waals surface area contributed by atoms with Gasteiger partial charge in [-0.05, 0) is 62.2 Å². The standard InChI is InChI=1S/C23H21ClFN5O2.H8P6/c24-22-15(2-1-6-26-22)12-20(31)30-8-4-14-10-16(11-18(25)21(14)30)19-3-7-27-23(29-19)28-17-5-9-32-13-17;1-5(2)6(3)4/h1-3,6-7,10-11,17H,4-5,8-9,12-13H2,(H,27,28,29);1-4H2. The summed E-state index contributed by atoms with van der Waals surface area (Å²) in [6, 6.07) is 8.72. The van der Waals surface area contributed by atoms with Crippen molar-refractivity contribution < 1.29 is 13.9 Å². The van der Waals surface area contributed by atoms with E-state index in [0.717, 1.165) is 18.6 Å². The van der Waals surface area contributed by atoms with E-state index < -0.39 is 5.82 Å². The van der Waals surface area contributed by atoms with Gasteiger partial charge >= 0.3 is 0 Å². The fourth-order valence-corrected chi connectivity index (χ4v) is 4.31. The second-order valence-electron chi connectivity index (χ2n) is 8.62. The number of amides is 1. The third kappa shape index (κ3) is 8.03. The van der Waals surface area contributed by atoms with Crippen molar-refractivity contribution >= 4 is 78.8 Å². The number of pyridine rings is 1. The van der Waals surface area contributed by atoms with Crippen molar-refractivity contribution in [1.29, 1.82) is 0 Å². The van der Waals surface area contributed by atoms with Crippen LogP contribution in [0.3, 0.4) is 0 Å². The predicted molar refractivity (Wildman–Crippen MR) is 172 cm³/mol. The number of ether oxygens (including phenoxy) is 1. The lowest BCUT2D eigenvalue weighted by molar-refractivity contribution is -0.117. The summed E-state index contributed by atoms with van der Waals surface area (Å²) in [4.78, 5) is 27.2. The van der Waals surface area contributed by atoms with Gasteiger partial charge in [-0.15, -0.1) is 35.7 Å². The van der Waals surface area contributed by atoms with Crippen LogP contribution in [0.15, 0.2) is 42.7 Å². The summed E-state index contributed by atoms with van der Waals surface area (Å²) in [6.07, 6.45) is 4.76. The highest BCUT2D eigenvalue weighted by Gasteiger charge is 2.29. The van der Waals surface area contributed by atoms with Gasteiger partial charge < -0.3 is 15.0 Å². The van der Waals surface area contributed by atoms with E-state index in [0.29, 0.717) is 48.0 Å². The van der Waals surface area contributed by atoms with Crippen LogP contribution in [-0.4, -0.2) is 46.7 Å². The van der Waals surface area contributed by atoms with E-state index in [1.807, 2.05) is 6.07 Å². The normalized spacial score (nSPS) is 16.4. The van der Waals surface area contributed by atoms with Crippen molar-refractivity contribution in [2.75, 3.05) is 30.0 Å². The molecule has 0 aliphatic carbocycles. The molecule has 0 spiro atoms. The minimum Gasteiger partial charge on any atom is -0.379 e. The number of nitrogens with one attached hydrogen (secondary N) is 1. The molecule has 1 amide bonds. The molecule has 1 N–H and O–H groups in total. The quantitative estimate of drug-likeness (QED) is 0.237. The molecule has 5 unspecified atom stereocenters. The first-order valence-electron chi connectivity index (χ1n) is 11.7. The minimum atomic E-state index is -0.446. The molecule has 4 heterocycles. The fourth-order valence-electron chi connectivity index (χ4n) is 4.12. The number of hydrogen-bond donors (Lipinski definition) is 1. The van der Waals surface area contributed by atoms with Crippen LogP contribution < -0.4 is 10.2 Å². The molecule has 2 aliphatic rings. The summed E-state index contributed by atoms with van der Waals surface area (Å²) in [5.74, 6) is -0.167. The van der Waals surface area contributed by atoms with Crippen LogP contribution in [0.1, 0.15) is 17.5 Å². The number of carbonyl (C=O) groups excluding carboxylic acids is 1. The Kier molecular flexibility index (Phi) is 11.5. The summed E-state index contributed by atoms with van der Waals surface area (Å²) in [5.41, 5.74) is 3.00. The molecule has 1 saturated heterocycles. The molecule has 0 saturated carbocycles. The Bertz CT molecular complexity index is 1280. The number of nitrogens with zero attached hydrogens (tertiary/aromatic N) is 4. The second kappa shape index (κ2) is 14.4. The van der Waals surface area contributed by atoms with Crippen LogP contribution in [0.4, 0.5) is 16.0 Å². The van der Waals surface area contributed by atoms with Crippen molar-refractivity contribution in [3.8, 4) is 11.3 Å². The first-order valence-corrected chi connectivity index (χ1v) is 22.0. The molecule has 0 radical (unpaired) electrons. The van der Waals surface area contributed by atoms with Crippen molar-refractivity contribution in [2.45, 2.75) is 25.3 Å². The summed E-state index contributed by atoms with van der Waals surface area (Å²) < 4.78 is 20.6. The van der Waals surface area contributed by atoms with Crippen LogP contribution in [0.25, 0.3) is 11.3 Å². The number of rotatable bonds is 6. The Hall–Kier alpha value is -0.520. The highest BCUT2D eigenvalue weighted by atomic mass is 35.5. The SMILES string of the molecule is O=C(Cc1cccnc1Cl)N1CCc2cc(-c3ccnc(NC4CCOC4)n3)cc(F)c21.PP(P)P(P)P. The number of fused-ring (bicyclic) bond motifs is 1. The van der Waals surface area contributed by atoms with Gasteiger partial charge in [0.1, 0.15) is 11.0 Å². The Labute approximate surface area is 238 Å². The van der Waals surface area contributed by atoms with Crippen molar-refractivity contribution in [1.82, 2.24) is 15.0 Å². The monoisotopic (exact) mass is 647 g/mol. The first-order chi connectivity index (χ1) is 18.2. The van der Waals surface area contributed by atoms with Crippen LogP contribution in [0.5, 0.6) is 0 Å². The lowest BCUT2D eigenvalue weighted by Gasteiger charge is -2.19. The number of hydrogen-bond acceptors (Lipinski definition) is 6. The zero-order valence-electron chi connectivity index (χ0n) is 20.4. The predicted octanol–water partition coefficient (Wildman–Crippen LogP) is 6.69. The van der Waals surface area contributed by atoms with E-state index >= 15 is 4.39 Å². The van der Waals surface area contributed by atoms with Crippen LogP contribution >= 0.6 is 61.3 Å². The lowest BCUT2D eigenvalue weighted by Crippen LogP contribution is -2.31. The van der Waals surface area contributed by atoms with Crippen LogP contribution in [0.2, 0.25) is 5.15 Å². The van der Waals surface area contributed by atoms with Gasteiger partial charge in [-0.25, -0.2) is 19.3 Å². The van der Waals surface area contributed by atoms with Crippen molar-refractivity contribution in [3.63, 3.8) is 0 Å². The molecule has 2 aromatic heterocycles. The molecule has 15 heteroatoms. The van der Waals surface area contributed by atoms with Gasteiger partial charge in [-0.3, -0.25) is 4.79 Å². The van der Waals surface area contributed by atoms with E-state index in [4.69, 9.17) is 16.3 Å². The zero-order chi connectivity index (χ0) is 27.2. The van der Waals surface area contributed by atoms with Crippen LogP contribution in [-0.2, 0) is 22.4 Å². The van der Waals surface area contributed by atoms with Crippen molar-refractivity contribution in [3.05, 3.63) is 64.8 Å². The van der Waals surface area contributed by atoms with Crippen LogP contribution in [0, 0.1) is 5.82 Å². The van der Waals surface area contributed by atoms with Gasteiger partial charge in [0.2, 0.25) is 11.9 Å². The first kappa shape index (κ1) is 30.4. The molecular weight excluding hydrogens is 619 g/mol. The Morgan fingerprint density at radius 3 is 2.66 bits per heavy atom. The molecule has 5 atom stereocenters. The third-order valence-corrected chi connectivity index (χ3v) is 27.7. The highest BCUT2D eigenvalue weighted by molar-refractivity contribution is 8.92. The molecule has 2 aliphatic heterocycles. The van der Waals surface area contributed by atoms with E-state index in [-0.39, 0.29) is 37.5 Å². The summed E-state index contributed by atoms with van der Waals surface area (Å²) in [5, 5.41) is 3.54. The van der Waals surface area contributed by atoms with E-state index in [2.05, 4.69) is 56.0 Å². The molecule has 1 aromatic carbocycles. The molecule has 38 heavy (non-hydrogen) atoms. The maximum absolute atomic E-state index is 15.2. The maximum Gasteiger partial charge on any atom is 0.231 e. The third-order valence-electron chi connectivity index (χ3n) is 5.98. The van der Waals surface area contributed by atoms with Gasteiger partial charge in [0.15, 0.2) is 0 Å². The molecule has 7 nitrogen and oxygen atoms in total. The number of anilines is 2. The molecular formula is C23H29ClFN5O2P6. The van der Waals surface area contributed by atoms with Gasteiger partial charge in [0.25, 0.3) is 0 Å². The molecule has 202 valence electrons. The second-order valence-corrected chi connectivity index (χ2v) is 28.7. The average molecular weight is 648 g/mol. The minimum absolute atomic E-state index is 0.0686. The Morgan fingerprint density at radius 2 is 1.97 bits per heavy atom. The maximum atomic E-state index is 15.2. The Morgan fingerprint density at radius 1 is 1.18 bits per heavy atom. The summed E-state index contributed by atoms with van der Waals surface area (Å²) in [6.45, 7) is 2.09. The lowest BCUT2D eigenvalue weighted by atomic mass is 10.0. The van der Waals surface area contributed by atoms with E-state index in [1.165, 1.54) is 11.0 Å². The van der Waals surface area contributed by atoms with Gasteiger partial charge in [-0.2, -0.15) is 0 Å². The molecule has 3 aromatic rings. The largest absolute Gasteiger partial charge is 0.379 e. The summed E-state index contributed by atoms with van der Waals surface area (Å²) >= 11 is 6.08. The van der Waals surface area contributed by atoms with E-state index in [1.54, 1.807) is 30.6 Å². The topological polar surface area (TPSA) is 80.2 Å². The number of halogens is 2. The fraction of sp³-hybridized carbons (Fsp3) is 0.304. The van der Waals surface area contributed by atoms with Gasteiger partial charge in [0.05, 0.1) is 30.5 Å². The van der Waals surface area contributed by atoms with E-state index in [9.17, 15) is 4.79 Å². The number of carbonyl (C=O) groups is 1. The van der Waals surface area contributed by atoms with Gasteiger partial charge in [0, 0.05) is 31.1 Å². The average Bonchev–Trinajstić information content (AvgIpc) is 3.56. The summed E-state index contributed by atoms with van der Waals surface area (Å²) in [7, 11) is 11.2. The molecule has 1 fully saturated rings. The van der Waals surface area contributed by atoms with Crippen molar-refractivity contribution in [2.24, 2.45) is 0 Å². The smallest absolute Gasteiger partial charge is 0.231 e. The van der Waals surface area contributed by atoms with Gasteiger partial charge in [-0.1, -0.05) is 17.7 Å². The number of benzene rings is 1. The zero-order valence-corrected chi connectivity index (χ0v) is 27.6. The molecule has 5 rings (SSSR count). The Balaban J connectivity index is 0.000000505. The number of aromatic nitrogens is 3.